The Morgan fingerprint density at radius 1 is 1.14 bits per heavy atom. The van der Waals surface area contributed by atoms with Crippen molar-refractivity contribution >= 4 is 39.6 Å². The first-order valence-corrected chi connectivity index (χ1v) is 11.9. The van der Waals surface area contributed by atoms with Crippen LogP contribution in [0.2, 0.25) is 0 Å². The monoisotopic (exact) mass is 550 g/mol. The molecule has 8 nitrogen and oxygen atoms in total. The Hall–Kier alpha value is -3.98. The summed E-state index contributed by atoms with van der Waals surface area (Å²) in [5.41, 5.74) is 3.35. The molecule has 36 heavy (non-hydrogen) atoms. The summed E-state index contributed by atoms with van der Waals surface area (Å²) in [6.07, 6.45) is 1.61. The fourth-order valence-corrected chi connectivity index (χ4v) is 4.15. The highest BCUT2D eigenvalue weighted by molar-refractivity contribution is 9.10. The number of ether oxygens (including phenoxy) is 3. The number of hydrogen-bond donors (Lipinski definition) is 0. The number of benzene rings is 3. The first kappa shape index (κ1) is 25.1. The van der Waals surface area contributed by atoms with Crippen LogP contribution < -0.4 is 9.47 Å². The Morgan fingerprint density at radius 3 is 2.56 bits per heavy atom. The second-order valence-electron chi connectivity index (χ2n) is 8.36. The highest BCUT2D eigenvalue weighted by Crippen LogP contribution is 2.38. The molecule has 0 fully saturated rings. The predicted molar refractivity (Wildman–Crippen MR) is 139 cm³/mol. The topological polar surface area (TPSA) is 100 Å². The quantitative estimate of drug-likeness (QED) is 0.139. The number of non-ortho nitro benzene ring substituents is 1. The number of carbonyl (C=O) groups is 1. The molecule has 0 saturated heterocycles. The lowest BCUT2D eigenvalue weighted by molar-refractivity contribution is -0.384. The molecule has 1 aliphatic rings. The van der Waals surface area contributed by atoms with Gasteiger partial charge in [0.25, 0.3) is 5.69 Å². The summed E-state index contributed by atoms with van der Waals surface area (Å²) in [6, 6.07) is 17.4. The molecule has 4 rings (SSSR count). The number of cyclic esters (lactones) is 1. The van der Waals surface area contributed by atoms with E-state index in [1.165, 1.54) is 24.8 Å². The molecule has 3 aromatic carbocycles. The van der Waals surface area contributed by atoms with Gasteiger partial charge in [-0.05, 0) is 68.9 Å². The SMILES string of the molecule is COc1cc(/C=C2\N=C(c3ccc(C(C)C)cc3)OC2=O)cc(Br)c1OCc1cccc([N+](=O)[O-])c1. The van der Waals surface area contributed by atoms with Gasteiger partial charge >= 0.3 is 5.97 Å². The molecule has 0 amide bonds. The number of nitrogens with zero attached hydrogens (tertiary/aromatic N) is 2. The Balaban J connectivity index is 1.56. The van der Waals surface area contributed by atoms with E-state index < -0.39 is 10.9 Å². The standard InChI is InChI=1S/C27H23BrN2O6/c1-16(2)19-7-9-20(10-8-19)26-29-23(27(31)36-26)13-18-12-22(28)25(24(14-18)34-3)35-15-17-5-4-6-21(11-17)30(32)33/h4-14,16H,15H2,1-3H3/b23-13-. The van der Waals surface area contributed by atoms with Crippen LogP contribution in [0, 0.1) is 10.1 Å². The summed E-state index contributed by atoms with van der Waals surface area (Å²) in [4.78, 5) is 27.4. The number of nitro groups is 1. The van der Waals surface area contributed by atoms with Gasteiger partial charge in [-0.2, -0.15) is 0 Å². The fraction of sp³-hybridized carbons (Fsp3) is 0.185. The first-order chi connectivity index (χ1) is 17.2. The van der Waals surface area contributed by atoms with Crippen LogP contribution in [-0.4, -0.2) is 23.9 Å². The van der Waals surface area contributed by atoms with Gasteiger partial charge in [0.05, 0.1) is 16.5 Å². The van der Waals surface area contributed by atoms with Crippen molar-refractivity contribution in [3.05, 3.63) is 103 Å². The van der Waals surface area contributed by atoms with Gasteiger partial charge in [-0.3, -0.25) is 10.1 Å². The Bertz CT molecular complexity index is 1380. The van der Waals surface area contributed by atoms with Gasteiger partial charge in [0.1, 0.15) is 6.61 Å². The summed E-state index contributed by atoms with van der Waals surface area (Å²) < 4.78 is 17.3. The predicted octanol–water partition coefficient (Wildman–Crippen LogP) is 6.41. The largest absolute Gasteiger partial charge is 0.493 e. The van der Waals surface area contributed by atoms with Crippen LogP contribution in [-0.2, 0) is 16.1 Å². The van der Waals surface area contributed by atoms with Gasteiger partial charge in [-0.15, -0.1) is 0 Å². The molecular formula is C27H23BrN2O6. The maximum absolute atomic E-state index is 12.5. The molecule has 0 radical (unpaired) electrons. The summed E-state index contributed by atoms with van der Waals surface area (Å²) >= 11 is 3.49. The summed E-state index contributed by atoms with van der Waals surface area (Å²) in [6.45, 7) is 4.32. The van der Waals surface area contributed by atoms with Crippen molar-refractivity contribution < 1.29 is 23.9 Å². The average Bonchev–Trinajstić information content (AvgIpc) is 3.23. The molecule has 0 unspecified atom stereocenters. The maximum atomic E-state index is 12.5. The number of hydrogen-bond acceptors (Lipinski definition) is 7. The van der Waals surface area contributed by atoms with E-state index >= 15 is 0 Å². The lowest BCUT2D eigenvalue weighted by Gasteiger charge is -2.13. The van der Waals surface area contributed by atoms with Gasteiger partial charge in [0, 0.05) is 17.7 Å². The third kappa shape index (κ3) is 5.63. The van der Waals surface area contributed by atoms with Crippen LogP contribution in [0.4, 0.5) is 5.69 Å². The number of aliphatic imine (C=N–C) groups is 1. The van der Waals surface area contributed by atoms with Crippen molar-refractivity contribution in [2.24, 2.45) is 4.99 Å². The number of halogens is 1. The smallest absolute Gasteiger partial charge is 0.363 e. The molecule has 3 aromatic rings. The van der Waals surface area contributed by atoms with Gasteiger partial charge in [-0.25, -0.2) is 9.79 Å². The molecule has 1 aliphatic heterocycles. The molecule has 0 atom stereocenters. The van der Waals surface area contributed by atoms with Gasteiger partial charge in [0.15, 0.2) is 17.2 Å². The van der Waals surface area contributed by atoms with Crippen molar-refractivity contribution in [3.63, 3.8) is 0 Å². The second-order valence-corrected chi connectivity index (χ2v) is 9.22. The molecular weight excluding hydrogens is 528 g/mol. The number of carbonyl (C=O) groups excluding carboxylic acids is 1. The van der Waals surface area contributed by atoms with Gasteiger partial charge < -0.3 is 14.2 Å². The van der Waals surface area contributed by atoms with Crippen molar-refractivity contribution in [1.82, 2.24) is 0 Å². The van der Waals surface area contributed by atoms with Crippen molar-refractivity contribution in [2.45, 2.75) is 26.4 Å². The van der Waals surface area contributed by atoms with Crippen LogP contribution in [0.5, 0.6) is 11.5 Å². The number of methoxy groups -OCH3 is 1. The van der Waals surface area contributed by atoms with E-state index in [1.54, 1.807) is 30.3 Å². The van der Waals surface area contributed by atoms with E-state index in [0.717, 1.165) is 5.56 Å². The molecule has 0 spiro atoms. The lowest BCUT2D eigenvalue weighted by Crippen LogP contribution is -2.05. The molecule has 0 aliphatic carbocycles. The van der Waals surface area contributed by atoms with Gasteiger partial charge in [-0.1, -0.05) is 38.1 Å². The number of nitro benzene ring substituents is 1. The number of esters is 1. The third-order valence-electron chi connectivity index (χ3n) is 5.50. The van der Waals surface area contributed by atoms with E-state index in [4.69, 9.17) is 14.2 Å². The van der Waals surface area contributed by atoms with Crippen LogP contribution >= 0.6 is 15.9 Å². The van der Waals surface area contributed by atoms with Crippen molar-refractivity contribution in [3.8, 4) is 11.5 Å². The minimum absolute atomic E-state index is 0.0108. The average molecular weight is 551 g/mol. The Labute approximate surface area is 216 Å². The van der Waals surface area contributed by atoms with E-state index in [1.807, 2.05) is 24.3 Å². The van der Waals surface area contributed by atoms with Crippen molar-refractivity contribution in [2.75, 3.05) is 7.11 Å². The first-order valence-electron chi connectivity index (χ1n) is 11.1. The zero-order valence-electron chi connectivity index (χ0n) is 19.9. The lowest BCUT2D eigenvalue weighted by atomic mass is 10.0. The van der Waals surface area contributed by atoms with Crippen LogP contribution in [0.25, 0.3) is 6.08 Å². The van der Waals surface area contributed by atoms with E-state index in [-0.39, 0.29) is 23.9 Å². The second kappa shape index (κ2) is 10.7. The maximum Gasteiger partial charge on any atom is 0.363 e. The summed E-state index contributed by atoms with van der Waals surface area (Å²) in [5, 5.41) is 11.0. The van der Waals surface area contributed by atoms with E-state index in [0.29, 0.717) is 33.0 Å². The molecule has 9 heteroatoms. The normalized spacial score (nSPS) is 14.1. The summed E-state index contributed by atoms with van der Waals surface area (Å²) in [5.74, 6) is 0.953. The Morgan fingerprint density at radius 2 is 1.89 bits per heavy atom. The van der Waals surface area contributed by atoms with E-state index in [2.05, 4.69) is 34.8 Å². The number of rotatable bonds is 8. The highest BCUT2D eigenvalue weighted by Gasteiger charge is 2.24. The third-order valence-corrected chi connectivity index (χ3v) is 6.09. The van der Waals surface area contributed by atoms with E-state index in [9.17, 15) is 14.9 Å². The zero-order chi connectivity index (χ0) is 25.8. The molecule has 0 N–H and O–H groups in total. The molecule has 184 valence electrons. The molecule has 1 heterocycles. The molecule has 0 bridgehead atoms. The summed E-state index contributed by atoms with van der Waals surface area (Å²) in [7, 11) is 1.50. The van der Waals surface area contributed by atoms with Gasteiger partial charge in [0.2, 0.25) is 5.90 Å². The minimum atomic E-state index is -0.543. The van der Waals surface area contributed by atoms with Crippen LogP contribution in [0.15, 0.2) is 75.8 Å². The zero-order valence-corrected chi connectivity index (χ0v) is 21.4. The van der Waals surface area contributed by atoms with Crippen LogP contribution in [0.3, 0.4) is 0 Å². The Kier molecular flexibility index (Phi) is 7.49. The van der Waals surface area contributed by atoms with Crippen molar-refractivity contribution in [1.29, 1.82) is 0 Å². The van der Waals surface area contributed by atoms with Crippen LogP contribution in [0.1, 0.15) is 42.0 Å². The fourth-order valence-electron chi connectivity index (χ4n) is 3.58. The highest BCUT2D eigenvalue weighted by atomic mass is 79.9. The molecule has 0 aromatic heterocycles. The molecule has 0 saturated carbocycles. The minimum Gasteiger partial charge on any atom is -0.493 e.